The summed E-state index contributed by atoms with van der Waals surface area (Å²) < 4.78 is 0.672. The van der Waals surface area contributed by atoms with Crippen molar-refractivity contribution >= 4 is 50.0 Å². The molecular formula is C15H15N3O2S2. The molecule has 2 N–H and O–H groups in total. The first-order valence-electron chi connectivity index (χ1n) is 7.11. The molecular weight excluding hydrogens is 318 g/mol. The Morgan fingerprint density at radius 1 is 1.45 bits per heavy atom. The lowest BCUT2D eigenvalue weighted by Crippen LogP contribution is -2.34. The van der Waals surface area contributed by atoms with E-state index in [0.29, 0.717) is 0 Å². The summed E-state index contributed by atoms with van der Waals surface area (Å²) in [5.41, 5.74) is 3.46. The van der Waals surface area contributed by atoms with Crippen LogP contribution in [0.25, 0.3) is 10.2 Å². The molecule has 1 unspecified atom stereocenters. The Balaban J connectivity index is 1.76. The molecule has 2 aliphatic rings. The van der Waals surface area contributed by atoms with Crippen LogP contribution in [0.1, 0.15) is 24.4 Å². The molecule has 5 nitrogen and oxygen atoms in total. The van der Waals surface area contributed by atoms with Gasteiger partial charge in [0.1, 0.15) is 10.1 Å². The maximum atomic E-state index is 11.4. The number of carboxylic acid groups (broad SMARTS) is 1. The number of benzene rings is 1. The van der Waals surface area contributed by atoms with Crippen LogP contribution in [0.3, 0.4) is 0 Å². The molecule has 3 heterocycles. The highest BCUT2D eigenvalue weighted by Gasteiger charge is 2.43. The fraction of sp³-hybridized carbons (Fsp3) is 0.400. The Bertz CT molecular complexity index is 785. The number of anilines is 1. The van der Waals surface area contributed by atoms with Gasteiger partial charge in [-0.15, -0.1) is 11.3 Å². The minimum Gasteiger partial charge on any atom is -0.480 e. The van der Waals surface area contributed by atoms with Crippen molar-refractivity contribution in [3.63, 3.8) is 0 Å². The number of aromatic nitrogens is 1. The van der Waals surface area contributed by atoms with Crippen molar-refractivity contribution in [3.05, 3.63) is 22.7 Å². The van der Waals surface area contributed by atoms with Crippen molar-refractivity contribution in [2.24, 2.45) is 4.99 Å². The lowest BCUT2D eigenvalue weighted by atomic mass is 10.0. The smallest absolute Gasteiger partial charge is 0.329 e. The van der Waals surface area contributed by atoms with E-state index in [2.05, 4.69) is 27.4 Å². The second-order valence-electron chi connectivity index (χ2n) is 6.05. The summed E-state index contributed by atoms with van der Waals surface area (Å²) in [6.07, 6.45) is 1.03. The van der Waals surface area contributed by atoms with Gasteiger partial charge in [0.15, 0.2) is 6.04 Å². The third-order valence-electron chi connectivity index (χ3n) is 4.00. The number of carboxylic acids is 1. The number of nitrogens with one attached hydrogen (secondary N) is 1. The van der Waals surface area contributed by atoms with E-state index in [9.17, 15) is 9.90 Å². The van der Waals surface area contributed by atoms with Gasteiger partial charge in [-0.1, -0.05) is 11.8 Å². The van der Waals surface area contributed by atoms with Crippen molar-refractivity contribution < 1.29 is 9.90 Å². The number of hydrogen-bond acceptors (Lipinski definition) is 6. The molecule has 0 aliphatic carbocycles. The maximum absolute atomic E-state index is 11.4. The Hall–Kier alpha value is -1.60. The highest BCUT2D eigenvalue weighted by atomic mass is 32.2. The minimum atomic E-state index is -0.878. The molecule has 2 aliphatic heterocycles. The Morgan fingerprint density at radius 2 is 2.27 bits per heavy atom. The maximum Gasteiger partial charge on any atom is 0.329 e. The van der Waals surface area contributed by atoms with Gasteiger partial charge >= 0.3 is 5.97 Å². The van der Waals surface area contributed by atoms with Gasteiger partial charge in [0.2, 0.25) is 0 Å². The first-order chi connectivity index (χ1) is 10.4. The highest BCUT2D eigenvalue weighted by molar-refractivity contribution is 8.16. The molecule has 7 heteroatoms. The van der Waals surface area contributed by atoms with Crippen LogP contribution in [0.15, 0.2) is 17.1 Å². The predicted molar refractivity (Wildman–Crippen MR) is 91.4 cm³/mol. The standard InChI is InChI=1S/C15H15N3O2S2/c1-15(2)11(14(19)20)18-13(22-15)12-17-9-5-7-3-4-16-8(7)6-10(9)21-12/h5-6,11,16H,3-4H2,1-2H3,(H,19,20). The summed E-state index contributed by atoms with van der Waals surface area (Å²) in [4.78, 5) is 20.4. The topological polar surface area (TPSA) is 74.6 Å². The van der Waals surface area contributed by atoms with E-state index in [1.165, 1.54) is 23.0 Å². The van der Waals surface area contributed by atoms with Crippen molar-refractivity contribution in [2.45, 2.75) is 31.1 Å². The molecule has 114 valence electrons. The summed E-state index contributed by atoms with van der Waals surface area (Å²) >= 11 is 3.08. The Kier molecular flexibility index (Phi) is 2.99. The molecule has 0 amide bonds. The largest absolute Gasteiger partial charge is 0.480 e. The zero-order valence-electron chi connectivity index (χ0n) is 12.2. The summed E-state index contributed by atoms with van der Waals surface area (Å²) in [6.45, 7) is 4.81. The fourth-order valence-corrected chi connectivity index (χ4v) is 5.05. The zero-order chi connectivity index (χ0) is 15.5. The lowest BCUT2D eigenvalue weighted by molar-refractivity contribution is -0.138. The number of rotatable bonds is 2. The van der Waals surface area contributed by atoms with Gasteiger partial charge in [0.05, 0.1) is 10.2 Å². The van der Waals surface area contributed by atoms with Crippen LogP contribution in [-0.4, -0.2) is 38.4 Å². The summed E-state index contributed by atoms with van der Waals surface area (Å²) in [7, 11) is 0. The molecule has 0 saturated carbocycles. The Labute approximate surface area is 135 Å². The van der Waals surface area contributed by atoms with Gasteiger partial charge in [-0.25, -0.2) is 9.78 Å². The van der Waals surface area contributed by atoms with Gasteiger partial charge in [-0.3, -0.25) is 4.99 Å². The summed E-state index contributed by atoms with van der Waals surface area (Å²) in [5, 5.41) is 14.3. The normalized spacial score (nSPS) is 22.5. The van der Waals surface area contributed by atoms with Crippen LogP contribution >= 0.6 is 23.1 Å². The molecule has 0 bridgehead atoms. The van der Waals surface area contributed by atoms with Crippen LogP contribution in [0, 0.1) is 0 Å². The molecule has 22 heavy (non-hydrogen) atoms. The van der Waals surface area contributed by atoms with E-state index >= 15 is 0 Å². The number of carbonyl (C=O) groups is 1. The van der Waals surface area contributed by atoms with E-state index in [1.54, 1.807) is 11.3 Å². The average molecular weight is 333 g/mol. The molecule has 1 aromatic heterocycles. The molecule has 0 saturated heterocycles. The van der Waals surface area contributed by atoms with E-state index in [1.807, 2.05) is 13.8 Å². The fourth-order valence-electron chi connectivity index (χ4n) is 2.87. The molecule has 1 aromatic carbocycles. The number of nitrogens with zero attached hydrogens (tertiary/aromatic N) is 2. The van der Waals surface area contributed by atoms with Crippen LogP contribution in [-0.2, 0) is 11.2 Å². The monoisotopic (exact) mass is 333 g/mol. The quantitative estimate of drug-likeness (QED) is 0.884. The van der Waals surface area contributed by atoms with E-state index < -0.39 is 16.8 Å². The molecule has 4 rings (SSSR count). The number of thioether (sulfide) groups is 1. The molecule has 0 fully saturated rings. The number of fused-ring (bicyclic) bond motifs is 2. The van der Waals surface area contributed by atoms with Crippen molar-refractivity contribution in [1.29, 1.82) is 0 Å². The number of thiazole rings is 1. The number of aliphatic carboxylic acids is 1. The molecule has 0 spiro atoms. The van der Waals surface area contributed by atoms with E-state index in [0.717, 1.165) is 33.2 Å². The van der Waals surface area contributed by atoms with E-state index in [-0.39, 0.29) is 0 Å². The van der Waals surface area contributed by atoms with Crippen LogP contribution in [0.4, 0.5) is 5.69 Å². The Morgan fingerprint density at radius 3 is 3.00 bits per heavy atom. The van der Waals surface area contributed by atoms with Crippen LogP contribution in [0.2, 0.25) is 0 Å². The third kappa shape index (κ3) is 2.11. The highest BCUT2D eigenvalue weighted by Crippen LogP contribution is 2.42. The van der Waals surface area contributed by atoms with Crippen molar-refractivity contribution in [1.82, 2.24) is 4.98 Å². The van der Waals surface area contributed by atoms with Gasteiger partial charge in [0.25, 0.3) is 0 Å². The summed E-state index contributed by atoms with van der Waals surface area (Å²) in [6, 6.07) is 3.55. The first kappa shape index (κ1) is 14.0. The lowest BCUT2D eigenvalue weighted by Gasteiger charge is -2.19. The minimum absolute atomic E-state index is 0.442. The van der Waals surface area contributed by atoms with Gasteiger partial charge in [0, 0.05) is 17.0 Å². The van der Waals surface area contributed by atoms with Crippen molar-refractivity contribution in [2.75, 3.05) is 11.9 Å². The van der Waals surface area contributed by atoms with Gasteiger partial charge < -0.3 is 10.4 Å². The first-order valence-corrected chi connectivity index (χ1v) is 8.75. The predicted octanol–water partition coefficient (Wildman–Crippen LogP) is 2.99. The summed E-state index contributed by atoms with van der Waals surface area (Å²) in [5.74, 6) is -0.878. The number of hydrogen-bond donors (Lipinski definition) is 2. The second-order valence-corrected chi connectivity index (χ2v) is 8.73. The SMILES string of the molecule is CC1(C)SC(c2nc3cc4c(cc3s2)NCC4)=NC1C(=O)O. The second kappa shape index (κ2) is 4.70. The average Bonchev–Trinajstić information content (AvgIpc) is 3.10. The van der Waals surface area contributed by atoms with Crippen molar-refractivity contribution in [3.8, 4) is 0 Å². The third-order valence-corrected chi connectivity index (χ3v) is 6.40. The number of aliphatic imine (C=N–C) groups is 1. The molecule has 1 atom stereocenters. The van der Waals surface area contributed by atoms with Gasteiger partial charge in [-0.2, -0.15) is 0 Å². The van der Waals surface area contributed by atoms with E-state index in [4.69, 9.17) is 0 Å². The molecule has 2 aromatic rings. The van der Waals surface area contributed by atoms with Crippen LogP contribution < -0.4 is 5.32 Å². The molecule has 0 radical (unpaired) electrons. The zero-order valence-corrected chi connectivity index (χ0v) is 13.8. The van der Waals surface area contributed by atoms with Crippen LogP contribution in [0.5, 0.6) is 0 Å². The van der Waals surface area contributed by atoms with Gasteiger partial charge in [-0.05, 0) is 38.0 Å².